The van der Waals surface area contributed by atoms with Crippen LogP contribution >= 0.6 is 0 Å². The molecular formula is C21H25NO4. The van der Waals surface area contributed by atoms with E-state index in [0.29, 0.717) is 11.5 Å². The molecule has 5 nitrogen and oxygen atoms in total. The van der Waals surface area contributed by atoms with Crippen molar-refractivity contribution in [1.29, 1.82) is 0 Å². The zero-order valence-electron chi connectivity index (χ0n) is 15.8. The molecule has 0 aliphatic carbocycles. The zero-order chi connectivity index (χ0) is 19.1. The number of carbonyl (C=O) groups excluding carboxylic acids is 1. The molecule has 0 aromatic heterocycles. The molecule has 26 heavy (non-hydrogen) atoms. The molecule has 0 fully saturated rings. The minimum atomic E-state index is -0.195. The van der Waals surface area contributed by atoms with E-state index in [0.717, 1.165) is 22.4 Å². The maximum absolute atomic E-state index is 12.3. The number of benzene rings is 2. The van der Waals surface area contributed by atoms with Crippen molar-refractivity contribution in [3.8, 4) is 17.2 Å². The molecule has 0 unspecified atom stereocenters. The quantitative estimate of drug-likeness (QED) is 0.765. The van der Waals surface area contributed by atoms with Gasteiger partial charge in [-0.3, -0.25) is 4.79 Å². The van der Waals surface area contributed by atoms with Gasteiger partial charge in [-0.25, -0.2) is 0 Å². The fourth-order valence-electron chi connectivity index (χ4n) is 2.65. The molecule has 2 rings (SSSR count). The first-order valence-corrected chi connectivity index (χ1v) is 8.33. The molecule has 1 amide bonds. The van der Waals surface area contributed by atoms with E-state index >= 15 is 0 Å². The molecule has 138 valence electrons. The van der Waals surface area contributed by atoms with Gasteiger partial charge in [0.05, 0.1) is 27.4 Å². The average molecular weight is 355 g/mol. The third-order valence-electron chi connectivity index (χ3n) is 4.07. The highest BCUT2D eigenvalue weighted by molar-refractivity contribution is 5.92. The second kappa shape index (κ2) is 8.94. The third-order valence-corrected chi connectivity index (χ3v) is 4.07. The SMILES string of the molecule is COc1ccc(/C=C/C(=O)N[C@@H](C)c2cc(C)ccc2OC)c(OC)c1. The van der Waals surface area contributed by atoms with Crippen LogP contribution in [-0.4, -0.2) is 27.2 Å². The van der Waals surface area contributed by atoms with Gasteiger partial charge in [-0.1, -0.05) is 17.7 Å². The van der Waals surface area contributed by atoms with Crippen LogP contribution in [0.25, 0.3) is 6.08 Å². The highest BCUT2D eigenvalue weighted by Gasteiger charge is 2.13. The Kier molecular flexibility index (Phi) is 6.67. The van der Waals surface area contributed by atoms with Crippen LogP contribution in [0.1, 0.15) is 29.7 Å². The van der Waals surface area contributed by atoms with Gasteiger partial charge in [0, 0.05) is 23.3 Å². The second-order valence-corrected chi connectivity index (χ2v) is 5.92. The summed E-state index contributed by atoms with van der Waals surface area (Å²) < 4.78 is 15.9. The first kappa shape index (κ1) is 19.4. The van der Waals surface area contributed by atoms with Crippen molar-refractivity contribution in [3.05, 3.63) is 59.2 Å². The summed E-state index contributed by atoms with van der Waals surface area (Å²) in [5.41, 5.74) is 2.85. The van der Waals surface area contributed by atoms with Gasteiger partial charge in [0.1, 0.15) is 17.2 Å². The van der Waals surface area contributed by atoms with E-state index in [1.165, 1.54) is 6.08 Å². The molecule has 0 bridgehead atoms. The molecular weight excluding hydrogens is 330 g/mol. The highest BCUT2D eigenvalue weighted by atomic mass is 16.5. The minimum Gasteiger partial charge on any atom is -0.497 e. The van der Waals surface area contributed by atoms with E-state index in [4.69, 9.17) is 14.2 Å². The van der Waals surface area contributed by atoms with Crippen LogP contribution in [0.2, 0.25) is 0 Å². The van der Waals surface area contributed by atoms with E-state index in [-0.39, 0.29) is 11.9 Å². The fourth-order valence-corrected chi connectivity index (χ4v) is 2.65. The monoisotopic (exact) mass is 355 g/mol. The number of aryl methyl sites for hydroxylation is 1. The van der Waals surface area contributed by atoms with Gasteiger partial charge in [0.25, 0.3) is 0 Å². The predicted octanol–water partition coefficient (Wildman–Crippen LogP) is 3.91. The normalized spacial score (nSPS) is 11.9. The molecule has 2 aromatic carbocycles. The Bertz CT molecular complexity index is 799. The zero-order valence-corrected chi connectivity index (χ0v) is 15.8. The van der Waals surface area contributed by atoms with Gasteiger partial charge in [0.15, 0.2) is 0 Å². The topological polar surface area (TPSA) is 56.8 Å². The molecule has 0 radical (unpaired) electrons. The Balaban J connectivity index is 2.11. The van der Waals surface area contributed by atoms with Crippen molar-refractivity contribution >= 4 is 12.0 Å². The van der Waals surface area contributed by atoms with Crippen LogP contribution in [0, 0.1) is 6.92 Å². The second-order valence-electron chi connectivity index (χ2n) is 5.92. The molecule has 0 aliphatic heterocycles. The maximum Gasteiger partial charge on any atom is 0.244 e. The molecule has 1 N–H and O–H groups in total. The molecule has 0 aliphatic rings. The lowest BCUT2D eigenvalue weighted by molar-refractivity contribution is -0.117. The summed E-state index contributed by atoms with van der Waals surface area (Å²) in [6, 6.07) is 11.2. The molecule has 0 spiro atoms. The molecule has 2 aromatic rings. The van der Waals surface area contributed by atoms with Crippen molar-refractivity contribution in [2.75, 3.05) is 21.3 Å². The summed E-state index contributed by atoms with van der Waals surface area (Å²) in [7, 11) is 4.80. The first-order chi connectivity index (χ1) is 12.5. The number of rotatable bonds is 7. The molecule has 0 saturated heterocycles. The Hall–Kier alpha value is -2.95. The lowest BCUT2D eigenvalue weighted by atomic mass is 10.0. The fraction of sp³-hybridized carbons (Fsp3) is 0.286. The van der Waals surface area contributed by atoms with E-state index < -0.39 is 0 Å². The van der Waals surface area contributed by atoms with Crippen LogP contribution in [0.3, 0.4) is 0 Å². The maximum atomic E-state index is 12.3. The van der Waals surface area contributed by atoms with Gasteiger partial charge in [-0.15, -0.1) is 0 Å². The lowest BCUT2D eigenvalue weighted by Crippen LogP contribution is -2.25. The summed E-state index contributed by atoms with van der Waals surface area (Å²) in [5, 5.41) is 2.96. The highest BCUT2D eigenvalue weighted by Crippen LogP contribution is 2.27. The van der Waals surface area contributed by atoms with Gasteiger partial charge in [-0.2, -0.15) is 0 Å². The average Bonchev–Trinajstić information content (AvgIpc) is 2.66. The Morgan fingerprint density at radius 2 is 1.73 bits per heavy atom. The number of hydrogen-bond acceptors (Lipinski definition) is 4. The number of ether oxygens (including phenoxy) is 3. The summed E-state index contributed by atoms with van der Waals surface area (Å²) >= 11 is 0. The third kappa shape index (κ3) is 4.79. The van der Waals surface area contributed by atoms with Crippen LogP contribution in [0.5, 0.6) is 17.2 Å². The van der Waals surface area contributed by atoms with Crippen LogP contribution < -0.4 is 19.5 Å². The summed E-state index contributed by atoms with van der Waals surface area (Å²) in [5.74, 6) is 1.90. The Labute approximate surface area is 154 Å². The molecule has 5 heteroatoms. The van der Waals surface area contributed by atoms with Gasteiger partial charge in [0.2, 0.25) is 5.91 Å². The van der Waals surface area contributed by atoms with Crippen molar-refractivity contribution in [1.82, 2.24) is 5.32 Å². The Morgan fingerprint density at radius 3 is 2.38 bits per heavy atom. The van der Waals surface area contributed by atoms with Gasteiger partial charge in [-0.05, 0) is 38.1 Å². The summed E-state index contributed by atoms with van der Waals surface area (Å²) in [6.07, 6.45) is 3.21. The standard InChI is InChI=1S/C21H25NO4/c1-14-6-10-19(25-4)18(12-14)15(2)22-21(23)11-8-16-7-9-17(24-3)13-20(16)26-5/h6-13,15H,1-5H3,(H,22,23)/b11-8+/t15-/m0/s1. The predicted molar refractivity (Wildman–Crippen MR) is 103 cm³/mol. The lowest BCUT2D eigenvalue weighted by Gasteiger charge is -2.17. The van der Waals surface area contributed by atoms with Gasteiger partial charge >= 0.3 is 0 Å². The number of methoxy groups -OCH3 is 3. The van der Waals surface area contributed by atoms with Crippen molar-refractivity contribution in [3.63, 3.8) is 0 Å². The number of carbonyl (C=O) groups is 1. The summed E-state index contributed by atoms with van der Waals surface area (Å²) in [6.45, 7) is 3.93. The number of nitrogens with one attached hydrogen (secondary N) is 1. The summed E-state index contributed by atoms with van der Waals surface area (Å²) in [4.78, 5) is 12.3. The van der Waals surface area contributed by atoms with E-state index in [1.54, 1.807) is 33.5 Å². The molecule has 0 saturated carbocycles. The minimum absolute atomic E-state index is 0.181. The van der Waals surface area contributed by atoms with Crippen LogP contribution in [0.15, 0.2) is 42.5 Å². The van der Waals surface area contributed by atoms with Crippen molar-refractivity contribution in [2.45, 2.75) is 19.9 Å². The van der Waals surface area contributed by atoms with Crippen LogP contribution in [-0.2, 0) is 4.79 Å². The number of hydrogen-bond donors (Lipinski definition) is 1. The van der Waals surface area contributed by atoms with Crippen LogP contribution in [0.4, 0.5) is 0 Å². The van der Waals surface area contributed by atoms with E-state index in [2.05, 4.69) is 5.32 Å². The smallest absolute Gasteiger partial charge is 0.244 e. The van der Waals surface area contributed by atoms with Crippen molar-refractivity contribution < 1.29 is 19.0 Å². The molecule has 1 atom stereocenters. The van der Waals surface area contributed by atoms with E-state index in [9.17, 15) is 4.79 Å². The number of amides is 1. The molecule has 0 heterocycles. The Morgan fingerprint density at radius 1 is 1.00 bits per heavy atom. The largest absolute Gasteiger partial charge is 0.497 e. The van der Waals surface area contributed by atoms with Crippen molar-refractivity contribution in [2.24, 2.45) is 0 Å². The first-order valence-electron chi connectivity index (χ1n) is 8.33. The van der Waals surface area contributed by atoms with Gasteiger partial charge < -0.3 is 19.5 Å². The van der Waals surface area contributed by atoms with E-state index in [1.807, 2.05) is 44.2 Å².